The molecule has 0 bridgehead atoms. The lowest BCUT2D eigenvalue weighted by Crippen LogP contribution is -2.24. The number of anilines is 1. The van der Waals surface area contributed by atoms with Gasteiger partial charge in [0.25, 0.3) is 5.56 Å². The van der Waals surface area contributed by atoms with Gasteiger partial charge in [-0.15, -0.1) is 10.2 Å². The molecule has 1 heterocycles. The summed E-state index contributed by atoms with van der Waals surface area (Å²) in [5.41, 5.74) is 1.07. The molecule has 29 heavy (non-hydrogen) atoms. The van der Waals surface area contributed by atoms with Crippen LogP contribution in [0.15, 0.2) is 64.5 Å². The van der Waals surface area contributed by atoms with E-state index in [1.165, 1.54) is 7.11 Å². The maximum absolute atomic E-state index is 12.5. The number of H-pyrrole nitrogens is 1. The van der Waals surface area contributed by atoms with Crippen molar-refractivity contribution in [1.82, 2.24) is 15.2 Å². The first kappa shape index (κ1) is 20.3. The minimum Gasteiger partial charge on any atom is -0.465 e. The third kappa shape index (κ3) is 4.88. The summed E-state index contributed by atoms with van der Waals surface area (Å²) < 4.78 is 4.72. The van der Waals surface area contributed by atoms with E-state index < -0.39 is 16.8 Å². The standard InChI is InChI=1S/C20H18N4O4S/c1-12(17(25)21-15-11-7-6-10-14(15)19(27)28-2)29-20-22-18(26)16(23-24-20)13-8-4-3-5-9-13/h3-12H,1-2H3,(H,21,25)(H,22,24,26). The number of hydrogen-bond acceptors (Lipinski definition) is 7. The summed E-state index contributed by atoms with van der Waals surface area (Å²) in [7, 11) is 1.27. The Balaban J connectivity index is 1.72. The Hall–Kier alpha value is -3.46. The van der Waals surface area contributed by atoms with Crippen LogP contribution in [0, 0.1) is 0 Å². The zero-order valence-electron chi connectivity index (χ0n) is 15.7. The van der Waals surface area contributed by atoms with Crippen molar-refractivity contribution in [2.45, 2.75) is 17.3 Å². The van der Waals surface area contributed by atoms with Crippen LogP contribution < -0.4 is 10.9 Å². The maximum Gasteiger partial charge on any atom is 0.339 e. The molecule has 3 rings (SSSR count). The fourth-order valence-electron chi connectivity index (χ4n) is 2.50. The van der Waals surface area contributed by atoms with Gasteiger partial charge in [0.1, 0.15) is 0 Å². The topological polar surface area (TPSA) is 114 Å². The smallest absolute Gasteiger partial charge is 0.339 e. The lowest BCUT2D eigenvalue weighted by Gasteiger charge is -2.13. The molecule has 0 saturated heterocycles. The van der Waals surface area contributed by atoms with Gasteiger partial charge in [0.2, 0.25) is 5.91 Å². The van der Waals surface area contributed by atoms with Gasteiger partial charge in [-0.05, 0) is 19.1 Å². The van der Waals surface area contributed by atoms with E-state index in [-0.39, 0.29) is 22.3 Å². The van der Waals surface area contributed by atoms with Gasteiger partial charge in [-0.3, -0.25) is 14.6 Å². The molecule has 1 aromatic heterocycles. The van der Waals surface area contributed by atoms with E-state index in [1.807, 2.05) is 6.07 Å². The van der Waals surface area contributed by atoms with Crippen LogP contribution in [-0.4, -0.2) is 39.4 Å². The van der Waals surface area contributed by atoms with E-state index in [4.69, 9.17) is 4.74 Å². The number of aromatic amines is 1. The molecule has 0 aliphatic rings. The molecule has 0 saturated carbocycles. The van der Waals surface area contributed by atoms with Crippen molar-refractivity contribution in [1.29, 1.82) is 0 Å². The van der Waals surface area contributed by atoms with Crippen molar-refractivity contribution in [2.75, 3.05) is 12.4 Å². The average Bonchev–Trinajstić information content (AvgIpc) is 2.74. The summed E-state index contributed by atoms with van der Waals surface area (Å²) in [5, 5.41) is 10.3. The average molecular weight is 410 g/mol. The van der Waals surface area contributed by atoms with Gasteiger partial charge in [-0.2, -0.15) is 0 Å². The molecule has 9 heteroatoms. The summed E-state index contributed by atoms with van der Waals surface area (Å²) in [5.74, 6) is -0.908. The molecule has 3 aromatic rings. The monoisotopic (exact) mass is 410 g/mol. The highest BCUT2D eigenvalue weighted by atomic mass is 32.2. The van der Waals surface area contributed by atoms with Crippen molar-refractivity contribution in [3.05, 3.63) is 70.5 Å². The van der Waals surface area contributed by atoms with Gasteiger partial charge in [-0.25, -0.2) is 4.79 Å². The fraction of sp³-hybridized carbons (Fsp3) is 0.150. The number of thioether (sulfide) groups is 1. The molecule has 0 radical (unpaired) electrons. The summed E-state index contributed by atoms with van der Waals surface area (Å²) >= 11 is 1.05. The van der Waals surface area contributed by atoms with Crippen LogP contribution >= 0.6 is 11.8 Å². The zero-order chi connectivity index (χ0) is 20.8. The molecular formula is C20H18N4O4S. The van der Waals surface area contributed by atoms with Crippen LogP contribution in [-0.2, 0) is 9.53 Å². The largest absolute Gasteiger partial charge is 0.465 e. The number of rotatable bonds is 6. The van der Waals surface area contributed by atoms with E-state index >= 15 is 0 Å². The lowest BCUT2D eigenvalue weighted by molar-refractivity contribution is -0.115. The third-order valence-corrected chi connectivity index (χ3v) is 4.95. The summed E-state index contributed by atoms with van der Waals surface area (Å²) in [6.07, 6.45) is 0. The van der Waals surface area contributed by atoms with Gasteiger partial charge < -0.3 is 10.1 Å². The van der Waals surface area contributed by atoms with E-state index in [2.05, 4.69) is 20.5 Å². The van der Waals surface area contributed by atoms with Crippen LogP contribution in [0.4, 0.5) is 5.69 Å². The molecule has 1 amide bonds. The number of nitrogens with one attached hydrogen (secondary N) is 2. The Morgan fingerprint density at radius 1 is 1.07 bits per heavy atom. The highest BCUT2D eigenvalue weighted by molar-refractivity contribution is 8.00. The number of benzene rings is 2. The number of nitrogens with zero attached hydrogens (tertiary/aromatic N) is 2. The molecule has 148 valence electrons. The molecule has 2 N–H and O–H groups in total. The molecule has 0 fully saturated rings. The highest BCUT2D eigenvalue weighted by Crippen LogP contribution is 2.22. The molecule has 8 nitrogen and oxygen atoms in total. The minimum atomic E-state index is -0.603. The highest BCUT2D eigenvalue weighted by Gasteiger charge is 2.20. The van der Waals surface area contributed by atoms with Gasteiger partial charge in [0, 0.05) is 5.56 Å². The Morgan fingerprint density at radius 3 is 2.45 bits per heavy atom. The second-order valence-electron chi connectivity index (χ2n) is 5.96. The number of methoxy groups -OCH3 is 1. The molecule has 1 atom stereocenters. The van der Waals surface area contributed by atoms with Crippen molar-refractivity contribution >= 4 is 29.3 Å². The first-order chi connectivity index (χ1) is 14.0. The number of esters is 1. The van der Waals surface area contributed by atoms with Crippen molar-refractivity contribution in [3.63, 3.8) is 0 Å². The SMILES string of the molecule is COC(=O)c1ccccc1NC(=O)C(C)Sc1nnc(-c2ccccc2)c(=O)[nH]1. The fourth-order valence-corrected chi connectivity index (χ4v) is 3.24. The van der Waals surface area contributed by atoms with Crippen LogP contribution in [0.2, 0.25) is 0 Å². The first-order valence-electron chi connectivity index (χ1n) is 8.67. The first-order valence-corrected chi connectivity index (χ1v) is 9.55. The Labute approximate surface area is 170 Å². The predicted molar refractivity (Wildman–Crippen MR) is 110 cm³/mol. The number of hydrogen-bond donors (Lipinski definition) is 2. The second kappa shape index (κ2) is 9.16. The van der Waals surface area contributed by atoms with Crippen LogP contribution in [0.3, 0.4) is 0 Å². The third-order valence-electron chi connectivity index (χ3n) is 3.97. The van der Waals surface area contributed by atoms with Crippen molar-refractivity contribution in [2.24, 2.45) is 0 Å². The summed E-state index contributed by atoms with van der Waals surface area (Å²) in [6.45, 7) is 1.66. The Kier molecular flexibility index (Phi) is 6.40. The number of aromatic nitrogens is 3. The Bertz CT molecular complexity index is 1090. The van der Waals surface area contributed by atoms with Crippen molar-refractivity contribution < 1.29 is 14.3 Å². The Morgan fingerprint density at radius 2 is 1.76 bits per heavy atom. The summed E-state index contributed by atoms with van der Waals surface area (Å²) in [6, 6.07) is 15.5. The number of ether oxygens (including phenoxy) is 1. The van der Waals surface area contributed by atoms with Gasteiger partial charge in [0.05, 0.1) is 23.6 Å². The number of amides is 1. The van der Waals surface area contributed by atoms with Gasteiger partial charge in [-0.1, -0.05) is 54.2 Å². The quantitative estimate of drug-likeness (QED) is 0.474. The minimum absolute atomic E-state index is 0.207. The molecule has 1 unspecified atom stereocenters. The zero-order valence-corrected chi connectivity index (χ0v) is 16.5. The predicted octanol–water partition coefficient (Wildman–Crippen LogP) is 2.74. The van der Waals surface area contributed by atoms with E-state index in [9.17, 15) is 14.4 Å². The van der Waals surface area contributed by atoms with Gasteiger partial charge in [0.15, 0.2) is 10.9 Å². The molecule has 2 aromatic carbocycles. The molecular weight excluding hydrogens is 392 g/mol. The summed E-state index contributed by atoms with van der Waals surface area (Å²) in [4.78, 5) is 39.3. The molecule has 0 spiro atoms. The van der Waals surface area contributed by atoms with E-state index in [0.717, 1.165) is 11.8 Å². The second-order valence-corrected chi connectivity index (χ2v) is 7.29. The lowest BCUT2D eigenvalue weighted by atomic mass is 10.2. The number of carbonyl (C=O) groups excluding carboxylic acids is 2. The molecule has 0 aliphatic carbocycles. The normalized spacial score (nSPS) is 11.5. The van der Waals surface area contributed by atoms with Crippen LogP contribution in [0.1, 0.15) is 17.3 Å². The van der Waals surface area contributed by atoms with E-state index in [1.54, 1.807) is 55.5 Å². The molecule has 0 aliphatic heterocycles. The number of carbonyl (C=O) groups is 2. The van der Waals surface area contributed by atoms with Gasteiger partial charge >= 0.3 is 5.97 Å². The maximum atomic E-state index is 12.5. The van der Waals surface area contributed by atoms with Crippen molar-refractivity contribution in [3.8, 4) is 11.3 Å². The van der Waals surface area contributed by atoms with Crippen LogP contribution in [0.25, 0.3) is 11.3 Å². The van der Waals surface area contributed by atoms with E-state index in [0.29, 0.717) is 11.3 Å². The van der Waals surface area contributed by atoms with Crippen LogP contribution in [0.5, 0.6) is 0 Å². The number of para-hydroxylation sites is 1.